The van der Waals surface area contributed by atoms with Crippen molar-refractivity contribution in [2.45, 2.75) is 4.90 Å². The van der Waals surface area contributed by atoms with Crippen LogP contribution in [0.25, 0.3) is 11.4 Å². The van der Waals surface area contributed by atoms with Gasteiger partial charge in [-0.1, -0.05) is 11.6 Å². The number of hydrogen-bond acceptors (Lipinski definition) is 4. The van der Waals surface area contributed by atoms with Crippen LogP contribution in [0.15, 0.2) is 53.7 Å². The van der Waals surface area contributed by atoms with Gasteiger partial charge in [-0.15, -0.1) is 0 Å². The summed E-state index contributed by atoms with van der Waals surface area (Å²) < 4.78 is 16.7. The second kappa shape index (κ2) is 6.73. The highest BCUT2D eigenvalue weighted by Gasteiger charge is 2.09. The molecule has 0 radical (unpaired) electrons. The Morgan fingerprint density at radius 1 is 1.30 bits per heavy atom. The van der Waals surface area contributed by atoms with Crippen LogP contribution in [-0.4, -0.2) is 9.97 Å². The fraction of sp³-hybridized carbons (Fsp3) is 0. The summed E-state index contributed by atoms with van der Waals surface area (Å²) in [5.41, 5.74) is 2.03. The number of benzene rings is 1. The maximum absolute atomic E-state index is 13.8. The molecule has 0 saturated heterocycles. The number of hydrogen-bond donors (Lipinski definition) is 2. The lowest BCUT2D eigenvalue weighted by atomic mass is 10.2. The van der Waals surface area contributed by atoms with Gasteiger partial charge in [0.1, 0.15) is 11.5 Å². The summed E-state index contributed by atoms with van der Waals surface area (Å²) in [5.74, 6) is -0.472. The molecule has 3 aromatic rings. The molecule has 114 valence electrons. The van der Waals surface area contributed by atoms with Crippen LogP contribution in [0.1, 0.15) is 5.56 Å². The lowest BCUT2D eigenvalue weighted by Crippen LogP contribution is -1.91. The predicted octanol–water partition coefficient (Wildman–Crippen LogP) is 4.86. The van der Waals surface area contributed by atoms with Crippen molar-refractivity contribution in [3.8, 4) is 17.5 Å². The molecule has 0 aliphatic rings. The fourth-order valence-electron chi connectivity index (χ4n) is 1.94. The summed E-state index contributed by atoms with van der Waals surface area (Å²) in [4.78, 5) is 8.17. The Labute approximate surface area is 141 Å². The Hall–Kier alpha value is -2.49. The lowest BCUT2D eigenvalue weighted by Gasteiger charge is -2.05. The molecule has 0 bridgehead atoms. The van der Waals surface area contributed by atoms with Crippen LogP contribution in [0.3, 0.4) is 0 Å². The summed E-state index contributed by atoms with van der Waals surface area (Å²) in [6.07, 6.45) is 3.44. The molecule has 3 rings (SSSR count). The van der Waals surface area contributed by atoms with E-state index in [1.165, 1.54) is 24.1 Å². The summed E-state index contributed by atoms with van der Waals surface area (Å²) >= 11 is 7.36. The van der Waals surface area contributed by atoms with Gasteiger partial charge in [0.25, 0.3) is 0 Å². The Balaban J connectivity index is 1.73. The molecule has 0 aliphatic carbocycles. The molecule has 7 heteroatoms. The van der Waals surface area contributed by atoms with Gasteiger partial charge < -0.3 is 9.71 Å². The van der Waals surface area contributed by atoms with E-state index >= 15 is 0 Å². The second-order valence-electron chi connectivity index (χ2n) is 4.59. The highest BCUT2D eigenvalue weighted by Crippen LogP contribution is 2.29. The molecule has 0 amide bonds. The van der Waals surface area contributed by atoms with Gasteiger partial charge in [0, 0.05) is 17.3 Å². The quantitative estimate of drug-likeness (QED) is 0.663. The molecule has 0 saturated carbocycles. The van der Waals surface area contributed by atoms with E-state index in [1.807, 2.05) is 12.1 Å². The van der Waals surface area contributed by atoms with E-state index in [4.69, 9.17) is 16.9 Å². The molecular formula is C16H10ClFN4S. The highest BCUT2D eigenvalue weighted by molar-refractivity contribution is 8.00. The maximum Gasteiger partial charge on any atom is 0.148 e. The average molecular weight is 345 g/mol. The molecule has 0 atom stereocenters. The smallest absolute Gasteiger partial charge is 0.148 e. The van der Waals surface area contributed by atoms with Crippen LogP contribution >= 0.6 is 23.5 Å². The Morgan fingerprint density at radius 2 is 2.17 bits per heavy atom. The van der Waals surface area contributed by atoms with Gasteiger partial charge in [-0.25, -0.2) is 4.39 Å². The summed E-state index contributed by atoms with van der Waals surface area (Å²) in [6.45, 7) is 0. The highest BCUT2D eigenvalue weighted by atomic mass is 35.5. The molecule has 2 N–H and O–H groups in total. The number of nitrogens with zero attached hydrogens (tertiary/aromatic N) is 2. The Bertz CT molecular complexity index is 888. The van der Waals surface area contributed by atoms with Crippen LogP contribution < -0.4 is 4.72 Å². The zero-order chi connectivity index (χ0) is 16.2. The number of aromatic amines is 1. The Kier molecular flexibility index (Phi) is 4.51. The van der Waals surface area contributed by atoms with Gasteiger partial charge in [0.2, 0.25) is 0 Å². The van der Waals surface area contributed by atoms with Crippen molar-refractivity contribution in [3.05, 3.63) is 65.2 Å². The van der Waals surface area contributed by atoms with Gasteiger partial charge in [-0.05, 0) is 48.3 Å². The molecule has 4 nitrogen and oxygen atoms in total. The van der Waals surface area contributed by atoms with Crippen molar-refractivity contribution in [2.24, 2.45) is 0 Å². The van der Waals surface area contributed by atoms with Crippen molar-refractivity contribution in [1.82, 2.24) is 9.97 Å². The SMILES string of the molecule is N#Cc1ccc(NSc2c[nH]c(-c3ncccc3Cl)c2)c(F)c1. The first-order valence-corrected chi connectivity index (χ1v) is 7.78. The number of anilines is 1. The van der Waals surface area contributed by atoms with E-state index in [0.29, 0.717) is 16.4 Å². The number of aromatic nitrogens is 2. The lowest BCUT2D eigenvalue weighted by molar-refractivity contribution is 0.632. The molecular weight excluding hydrogens is 335 g/mol. The summed E-state index contributed by atoms with van der Waals surface area (Å²) in [6, 6.07) is 11.6. The predicted molar refractivity (Wildman–Crippen MR) is 89.6 cm³/mol. The van der Waals surface area contributed by atoms with Crippen LogP contribution in [0.4, 0.5) is 10.1 Å². The Morgan fingerprint density at radius 3 is 2.91 bits per heavy atom. The number of pyridine rings is 1. The van der Waals surface area contributed by atoms with Crippen molar-refractivity contribution in [1.29, 1.82) is 5.26 Å². The minimum Gasteiger partial charge on any atom is -0.359 e. The van der Waals surface area contributed by atoms with E-state index < -0.39 is 5.82 Å². The summed E-state index contributed by atoms with van der Waals surface area (Å²) in [5, 5.41) is 9.28. The van der Waals surface area contributed by atoms with Crippen molar-refractivity contribution in [3.63, 3.8) is 0 Å². The molecule has 0 fully saturated rings. The zero-order valence-corrected chi connectivity index (χ0v) is 13.2. The molecule has 1 aromatic carbocycles. The molecule has 2 heterocycles. The maximum atomic E-state index is 13.8. The van der Waals surface area contributed by atoms with Crippen molar-refractivity contribution < 1.29 is 4.39 Å². The summed E-state index contributed by atoms with van der Waals surface area (Å²) in [7, 11) is 0. The number of halogens is 2. The first-order chi connectivity index (χ1) is 11.2. The third kappa shape index (κ3) is 3.47. The first kappa shape index (κ1) is 15.4. The first-order valence-electron chi connectivity index (χ1n) is 6.59. The topological polar surface area (TPSA) is 64.5 Å². The minimum absolute atomic E-state index is 0.284. The van der Waals surface area contributed by atoms with E-state index in [-0.39, 0.29) is 5.56 Å². The number of nitrogens with one attached hydrogen (secondary N) is 2. The van der Waals surface area contributed by atoms with E-state index in [2.05, 4.69) is 14.7 Å². The van der Waals surface area contributed by atoms with Crippen LogP contribution in [0.2, 0.25) is 5.02 Å². The van der Waals surface area contributed by atoms with Gasteiger partial charge in [0.15, 0.2) is 0 Å². The van der Waals surface area contributed by atoms with Crippen LogP contribution in [0.5, 0.6) is 0 Å². The van der Waals surface area contributed by atoms with E-state index in [0.717, 1.165) is 10.6 Å². The molecule has 0 aliphatic heterocycles. The second-order valence-corrected chi connectivity index (χ2v) is 5.88. The van der Waals surface area contributed by atoms with Crippen LogP contribution in [-0.2, 0) is 0 Å². The van der Waals surface area contributed by atoms with E-state index in [9.17, 15) is 4.39 Å². The molecule has 23 heavy (non-hydrogen) atoms. The monoisotopic (exact) mass is 344 g/mol. The van der Waals surface area contributed by atoms with Gasteiger partial charge in [-0.3, -0.25) is 4.98 Å². The number of rotatable bonds is 4. The van der Waals surface area contributed by atoms with Crippen molar-refractivity contribution >= 4 is 29.2 Å². The number of nitriles is 1. The van der Waals surface area contributed by atoms with E-state index in [1.54, 1.807) is 30.6 Å². The molecule has 0 unspecified atom stereocenters. The zero-order valence-electron chi connectivity index (χ0n) is 11.7. The van der Waals surface area contributed by atoms with Gasteiger partial charge in [0.05, 0.1) is 28.0 Å². The minimum atomic E-state index is -0.472. The standard InChI is InChI=1S/C16H10ClFN4S/c17-12-2-1-5-20-16(12)15-7-11(9-21-15)23-22-14-4-3-10(8-19)6-13(14)18/h1-7,9,21-22H. The third-order valence-electron chi connectivity index (χ3n) is 3.05. The largest absolute Gasteiger partial charge is 0.359 e. The van der Waals surface area contributed by atoms with Gasteiger partial charge >= 0.3 is 0 Å². The number of H-pyrrole nitrogens is 1. The van der Waals surface area contributed by atoms with Crippen molar-refractivity contribution in [2.75, 3.05) is 4.72 Å². The third-order valence-corrected chi connectivity index (χ3v) is 4.15. The van der Waals surface area contributed by atoms with Gasteiger partial charge in [-0.2, -0.15) is 5.26 Å². The molecule has 2 aromatic heterocycles. The molecule has 0 spiro atoms. The fourth-order valence-corrected chi connectivity index (χ4v) is 2.85. The normalized spacial score (nSPS) is 10.3. The average Bonchev–Trinajstić information content (AvgIpc) is 3.02. The van der Waals surface area contributed by atoms with Crippen LogP contribution in [0, 0.1) is 17.1 Å².